The van der Waals surface area contributed by atoms with E-state index < -0.39 is 0 Å². The van der Waals surface area contributed by atoms with Crippen LogP contribution in [0.5, 0.6) is 0 Å². The van der Waals surface area contributed by atoms with E-state index in [1.54, 1.807) is 0 Å². The van der Waals surface area contributed by atoms with E-state index in [2.05, 4.69) is 56.8 Å². The molecule has 0 aliphatic carbocycles. The van der Waals surface area contributed by atoms with Gasteiger partial charge < -0.3 is 15.5 Å². The van der Waals surface area contributed by atoms with Gasteiger partial charge >= 0.3 is 0 Å². The maximum absolute atomic E-state index is 4.39. The standard InChI is InChI=1S/C22H34N6.HI/c1-19(17-27-12-6-3-7-13-27)15-24-22(23-2)25-16-20-9-4-5-10-21(20)18-28-14-8-11-26-28;/h4-5,8-11,14,19H,3,6-7,12-13,15-18H2,1-2H3,(H2,23,24,25);1H. The Hall–Kier alpha value is -1.61. The zero-order chi connectivity index (χ0) is 19.6. The Morgan fingerprint density at radius 3 is 2.55 bits per heavy atom. The summed E-state index contributed by atoms with van der Waals surface area (Å²) in [5.74, 6) is 1.46. The van der Waals surface area contributed by atoms with Crippen LogP contribution in [0.15, 0.2) is 47.7 Å². The number of benzene rings is 1. The van der Waals surface area contributed by atoms with E-state index in [0.29, 0.717) is 5.92 Å². The van der Waals surface area contributed by atoms with E-state index in [4.69, 9.17) is 0 Å². The summed E-state index contributed by atoms with van der Waals surface area (Å²) in [6.45, 7) is 8.45. The molecule has 0 radical (unpaired) electrons. The van der Waals surface area contributed by atoms with Crippen LogP contribution in [0.4, 0.5) is 0 Å². The van der Waals surface area contributed by atoms with E-state index in [1.165, 1.54) is 43.5 Å². The fourth-order valence-corrected chi connectivity index (χ4v) is 3.77. The third-order valence-corrected chi connectivity index (χ3v) is 5.32. The summed E-state index contributed by atoms with van der Waals surface area (Å²) in [4.78, 5) is 6.99. The molecule has 0 spiro atoms. The van der Waals surface area contributed by atoms with Gasteiger partial charge in [0.25, 0.3) is 0 Å². The Morgan fingerprint density at radius 1 is 1.10 bits per heavy atom. The average molecular weight is 510 g/mol. The number of piperidine rings is 1. The maximum Gasteiger partial charge on any atom is 0.191 e. The number of likely N-dealkylation sites (tertiary alicyclic amines) is 1. The number of guanidine groups is 1. The van der Waals surface area contributed by atoms with Gasteiger partial charge in [-0.1, -0.05) is 37.6 Å². The van der Waals surface area contributed by atoms with Gasteiger partial charge in [0.15, 0.2) is 5.96 Å². The first-order valence-corrected chi connectivity index (χ1v) is 10.5. The van der Waals surface area contributed by atoms with Gasteiger partial charge in [0, 0.05) is 39.1 Å². The van der Waals surface area contributed by atoms with E-state index in [0.717, 1.165) is 32.1 Å². The van der Waals surface area contributed by atoms with Gasteiger partial charge in [-0.05, 0) is 49.0 Å². The number of halogens is 1. The zero-order valence-corrected chi connectivity index (χ0v) is 20.0. The van der Waals surface area contributed by atoms with Crippen molar-refractivity contribution in [3.8, 4) is 0 Å². The highest BCUT2D eigenvalue weighted by Gasteiger charge is 2.13. The van der Waals surface area contributed by atoms with Crippen molar-refractivity contribution in [3.05, 3.63) is 53.9 Å². The number of hydrogen-bond acceptors (Lipinski definition) is 3. The number of nitrogens with one attached hydrogen (secondary N) is 2. The van der Waals surface area contributed by atoms with Gasteiger partial charge in [-0.2, -0.15) is 5.10 Å². The predicted octanol–water partition coefficient (Wildman–Crippen LogP) is 3.34. The third-order valence-electron chi connectivity index (χ3n) is 5.32. The van der Waals surface area contributed by atoms with Crippen LogP contribution in [0.1, 0.15) is 37.3 Å². The van der Waals surface area contributed by atoms with E-state index in [1.807, 2.05) is 30.2 Å². The normalized spacial score (nSPS) is 16.1. The van der Waals surface area contributed by atoms with Gasteiger partial charge in [-0.25, -0.2) is 0 Å². The first-order chi connectivity index (χ1) is 13.7. The van der Waals surface area contributed by atoms with Gasteiger partial charge in [0.2, 0.25) is 0 Å². The van der Waals surface area contributed by atoms with Crippen LogP contribution >= 0.6 is 24.0 Å². The molecule has 2 heterocycles. The van der Waals surface area contributed by atoms with Crippen LogP contribution in [0.25, 0.3) is 0 Å². The lowest BCUT2D eigenvalue weighted by molar-refractivity contribution is 0.201. The lowest BCUT2D eigenvalue weighted by atomic mass is 10.1. The number of aliphatic imine (C=N–C) groups is 1. The summed E-state index contributed by atoms with van der Waals surface area (Å²) in [5, 5.41) is 11.3. The van der Waals surface area contributed by atoms with Gasteiger partial charge in [0.05, 0.1) is 6.54 Å². The van der Waals surface area contributed by atoms with Crippen LogP contribution in [-0.2, 0) is 13.1 Å². The molecule has 3 rings (SSSR count). The summed E-state index contributed by atoms with van der Waals surface area (Å²) < 4.78 is 1.95. The molecule has 1 atom stereocenters. The van der Waals surface area contributed by atoms with Crippen LogP contribution in [0.2, 0.25) is 0 Å². The average Bonchev–Trinajstić information content (AvgIpc) is 3.23. The number of aromatic nitrogens is 2. The molecule has 1 aromatic carbocycles. The maximum atomic E-state index is 4.39. The van der Waals surface area contributed by atoms with E-state index >= 15 is 0 Å². The zero-order valence-electron chi connectivity index (χ0n) is 17.7. The Labute approximate surface area is 192 Å². The molecule has 2 N–H and O–H groups in total. The highest BCUT2D eigenvalue weighted by atomic mass is 127. The van der Waals surface area contributed by atoms with Crippen molar-refractivity contribution < 1.29 is 0 Å². The van der Waals surface area contributed by atoms with Crippen molar-refractivity contribution >= 4 is 29.9 Å². The topological polar surface area (TPSA) is 57.5 Å². The van der Waals surface area contributed by atoms with Crippen LogP contribution in [0, 0.1) is 5.92 Å². The molecule has 6 nitrogen and oxygen atoms in total. The van der Waals surface area contributed by atoms with Gasteiger partial charge in [0.1, 0.15) is 0 Å². The minimum absolute atomic E-state index is 0. The molecule has 1 fully saturated rings. The Bertz CT molecular complexity index is 725. The second kappa shape index (κ2) is 12.8. The SMILES string of the molecule is CN=C(NCc1ccccc1Cn1cccn1)NCC(C)CN1CCCCC1.I. The number of nitrogens with zero attached hydrogens (tertiary/aromatic N) is 4. The van der Waals surface area contributed by atoms with Crippen molar-refractivity contribution in [2.75, 3.05) is 33.2 Å². The second-order valence-electron chi connectivity index (χ2n) is 7.75. The van der Waals surface area contributed by atoms with Crippen molar-refractivity contribution in [3.63, 3.8) is 0 Å². The predicted molar refractivity (Wildman–Crippen MR) is 131 cm³/mol. The molecular formula is C22H35IN6. The lowest BCUT2D eigenvalue weighted by Crippen LogP contribution is -2.42. The van der Waals surface area contributed by atoms with Crippen LogP contribution in [-0.4, -0.2) is 53.9 Å². The Balaban J connectivity index is 0.00000300. The fraction of sp³-hybridized carbons (Fsp3) is 0.545. The highest BCUT2D eigenvalue weighted by molar-refractivity contribution is 14.0. The molecule has 0 saturated carbocycles. The largest absolute Gasteiger partial charge is 0.356 e. The fourth-order valence-electron chi connectivity index (χ4n) is 3.77. The monoisotopic (exact) mass is 510 g/mol. The second-order valence-corrected chi connectivity index (χ2v) is 7.75. The summed E-state index contributed by atoms with van der Waals surface area (Å²) in [6.07, 6.45) is 7.90. The van der Waals surface area contributed by atoms with Crippen molar-refractivity contribution in [2.45, 2.75) is 39.3 Å². The van der Waals surface area contributed by atoms with Crippen molar-refractivity contribution in [1.29, 1.82) is 0 Å². The molecule has 29 heavy (non-hydrogen) atoms. The van der Waals surface area contributed by atoms with E-state index in [-0.39, 0.29) is 24.0 Å². The minimum atomic E-state index is 0. The number of rotatable bonds is 8. The summed E-state index contributed by atoms with van der Waals surface area (Å²) in [7, 11) is 1.83. The molecule has 1 unspecified atom stereocenters. The summed E-state index contributed by atoms with van der Waals surface area (Å²) in [5.41, 5.74) is 2.54. The molecule has 160 valence electrons. The number of hydrogen-bond donors (Lipinski definition) is 2. The molecule has 0 bridgehead atoms. The van der Waals surface area contributed by atoms with Gasteiger partial charge in [-0.3, -0.25) is 9.67 Å². The van der Waals surface area contributed by atoms with Crippen molar-refractivity contribution in [2.24, 2.45) is 10.9 Å². The summed E-state index contributed by atoms with van der Waals surface area (Å²) >= 11 is 0. The quantitative estimate of drug-likeness (QED) is 0.325. The van der Waals surface area contributed by atoms with Crippen molar-refractivity contribution in [1.82, 2.24) is 25.3 Å². The van der Waals surface area contributed by atoms with Crippen LogP contribution in [0.3, 0.4) is 0 Å². The highest BCUT2D eigenvalue weighted by Crippen LogP contribution is 2.11. The smallest absolute Gasteiger partial charge is 0.191 e. The Morgan fingerprint density at radius 2 is 1.86 bits per heavy atom. The molecule has 2 aromatic rings. The summed E-state index contributed by atoms with van der Waals surface area (Å²) in [6, 6.07) is 10.4. The molecule has 7 heteroatoms. The lowest BCUT2D eigenvalue weighted by Gasteiger charge is -2.29. The molecule has 1 aromatic heterocycles. The first kappa shape index (κ1) is 23.7. The molecule has 1 saturated heterocycles. The molecular weight excluding hydrogens is 475 g/mol. The Kier molecular flexibility index (Phi) is 10.5. The first-order valence-electron chi connectivity index (χ1n) is 10.5. The van der Waals surface area contributed by atoms with Crippen LogP contribution < -0.4 is 10.6 Å². The van der Waals surface area contributed by atoms with Gasteiger partial charge in [-0.15, -0.1) is 24.0 Å². The third kappa shape index (κ3) is 7.97. The minimum Gasteiger partial charge on any atom is -0.356 e. The molecule has 1 aliphatic heterocycles. The van der Waals surface area contributed by atoms with E-state index in [9.17, 15) is 0 Å². The molecule has 0 amide bonds. The molecule has 1 aliphatic rings.